The van der Waals surface area contributed by atoms with E-state index in [9.17, 15) is 9.59 Å². The number of carbonyl (C=O) groups is 2. The van der Waals surface area contributed by atoms with Gasteiger partial charge in [-0.25, -0.2) is 4.79 Å². The Kier molecular flexibility index (Phi) is 9.91. The van der Waals surface area contributed by atoms with Crippen LogP contribution in [-0.2, 0) is 9.59 Å². The van der Waals surface area contributed by atoms with Gasteiger partial charge in [0.2, 0.25) is 0 Å². The van der Waals surface area contributed by atoms with E-state index in [0.29, 0.717) is 0 Å². The molecular weight excluding hydrogens is 178 g/mol. The van der Waals surface area contributed by atoms with Gasteiger partial charge in [0.05, 0.1) is 6.42 Å². The van der Waals surface area contributed by atoms with Crippen molar-refractivity contribution >= 4 is 11.9 Å². The Labute approximate surface area is 76.0 Å². The quantitative estimate of drug-likeness (QED) is 0.466. The molecule has 13 heavy (non-hydrogen) atoms. The van der Waals surface area contributed by atoms with Crippen LogP contribution in [0, 0.1) is 0 Å². The number of carboxylic acids is 2. The van der Waals surface area contributed by atoms with Crippen molar-refractivity contribution < 1.29 is 24.9 Å². The van der Waals surface area contributed by atoms with Crippen LogP contribution >= 0.6 is 0 Å². The lowest BCUT2D eigenvalue weighted by Gasteiger charge is -1.97. The second kappa shape index (κ2) is 8.95. The van der Waals surface area contributed by atoms with E-state index in [0.717, 1.165) is 13.0 Å². The summed E-state index contributed by atoms with van der Waals surface area (Å²) in [4.78, 5) is 19.4. The predicted octanol–water partition coefficient (Wildman–Crippen LogP) is -0.738. The number of hydrogen-bond acceptors (Lipinski definition) is 4. The highest BCUT2D eigenvalue weighted by Gasteiger charge is 2.16. The molecule has 0 aromatic carbocycles. The Morgan fingerprint density at radius 1 is 1.38 bits per heavy atom. The summed E-state index contributed by atoms with van der Waals surface area (Å²) in [5.74, 6) is -2.85. The monoisotopic (exact) mass is 193 g/mol. The molecule has 0 aromatic heterocycles. The summed E-state index contributed by atoms with van der Waals surface area (Å²) in [5.41, 5.74) is 5.03. The summed E-state index contributed by atoms with van der Waals surface area (Å²) in [6.45, 7) is 2.88. The van der Waals surface area contributed by atoms with Gasteiger partial charge in [-0.1, -0.05) is 6.92 Å². The van der Waals surface area contributed by atoms with Gasteiger partial charge >= 0.3 is 11.9 Å². The van der Waals surface area contributed by atoms with Gasteiger partial charge in [-0.2, -0.15) is 0 Å². The molecule has 1 unspecified atom stereocenters. The molecule has 0 saturated heterocycles. The zero-order valence-corrected chi connectivity index (χ0v) is 7.43. The van der Waals surface area contributed by atoms with Crippen molar-refractivity contribution in [2.75, 3.05) is 6.54 Å². The van der Waals surface area contributed by atoms with Crippen molar-refractivity contribution in [3.8, 4) is 0 Å². The molecule has 0 aromatic rings. The van der Waals surface area contributed by atoms with Crippen LogP contribution in [0.3, 0.4) is 0 Å². The lowest BCUT2D eigenvalue weighted by molar-refractivity contribution is -0.152. The first-order valence-corrected chi connectivity index (χ1v) is 3.78. The van der Waals surface area contributed by atoms with E-state index in [1.807, 2.05) is 0 Å². The van der Waals surface area contributed by atoms with E-state index in [1.54, 1.807) is 0 Å². The van der Waals surface area contributed by atoms with Gasteiger partial charge in [0.1, 0.15) is 0 Å². The Morgan fingerprint density at radius 2 is 1.77 bits per heavy atom. The summed E-state index contributed by atoms with van der Waals surface area (Å²) in [6.07, 6.45) is -1.45. The van der Waals surface area contributed by atoms with Gasteiger partial charge in [-0.15, -0.1) is 0 Å². The van der Waals surface area contributed by atoms with Crippen molar-refractivity contribution in [1.82, 2.24) is 0 Å². The number of hydrogen-bond donors (Lipinski definition) is 4. The topological polar surface area (TPSA) is 121 Å². The van der Waals surface area contributed by atoms with E-state index in [1.165, 1.54) is 0 Å². The first-order chi connectivity index (χ1) is 5.95. The number of aliphatic hydroxyl groups is 1. The van der Waals surface area contributed by atoms with Gasteiger partial charge in [0, 0.05) is 0 Å². The molecule has 0 bridgehead atoms. The number of nitrogens with two attached hydrogens (primary N) is 1. The van der Waals surface area contributed by atoms with Crippen molar-refractivity contribution in [1.29, 1.82) is 0 Å². The van der Waals surface area contributed by atoms with Crippen LogP contribution in [0.5, 0.6) is 0 Å². The average Bonchev–Trinajstić information content (AvgIpc) is 2.03. The van der Waals surface area contributed by atoms with Crippen LogP contribution < -0.4 is 5.73 Å². The molecule has 0 spiro atoms. The third kappa shape index (κ3) is 13.8. The molecule has 0 aliphatic carbocycles. The van der Waals surface area contributed by atoms with Crippen molar-refractivity contribution in [3.63, 3.8) is 0 Å². The zero-order chi connectivity index (χ0) is 10.9. The fourth-order valence-corrected chi connectivity index (χ4v) is 0.253. The third-order valence-corrected chi connectivity index (χ3v) is 0.942. The maximum Gasteiger partial charge on any atom is 0.333 e. The smallest absolute Gasteiger partial charge is 0.333 e. The lowest BCUT2D eigenvalue weighted by atomic mass is 10.3. The fraction of sp³-hybridized carbons (Fsp3) is 0.714. The largest absolute Gasteiger partial charge is 0.481 e. The van der Waals surface area contributed by atoms with Crippen LogP contribution in [0.1, 0.15) is 19.8 Å². The molecule has 6 nitrogen and oxygen atoms in total. The first kappa shape index (κ1) is 14.4. The first-order valence-electron chi connectivity index (χ1n) is 3.78. The summed E-state index contributed by atoms with van der Waals surface area (Å²) in [7, 11) is 0. The molecule has 0 heterocycles. The van der Waals surface area contributed by atoms with Gasteiger partial charge < -0.3 is 21.1 Å². The minimum atomic E-state index is -1.79. The highest BCUT2D eigenvalue weighted by atomic mass is 16.4. The molecular formula is C7H15NO5. The second-order valence-corrected chi connectivity index (χ2v) is 2.24. The molecule has 0 rings (SSSR count). The van der Waals surface area contributed by atoms with Crippen LogP contribution in [0.25, 0.3) is 0 Å². The van der Waals surface area contributed by atoms with E-state index in [-0.39, 0.29) is 0 Å². The van der Waals surface area contributed by atoms with Crippen molar-refractivity contribution in [2.24, 2.45) is 5.73 Å². The van der Waals surface area contributed by atoms with Gasteiger partial charge in [-0.3, -0.25) is 4.79 Å². The maximum atomic E-state index is 9.72. The van der Waals surface area contributed by atoms with Crippen molar-refractivity contribution in [3.05, 3.63) is 0 Å². The average molecular weight is 193 g/mol. The second-order valence-electron chi connectivity index (χ2n) is 2.24. The van der Waals surface area contributed by atoms with Crippen molar-refractivity contribution in [2.45, 2.75) is 25.9 Å². The summed E-state index contributed by atoms with van der Waals surface area (Å²) in [5, 5.41) is 24.1. The highest BCUT2D eigenvalue weighted by Crippen LogP contribution is 1.89. The van der Waals surface area contributed by atoms with Crippen LogP contribution in [-0.4, -0.2) is 39.9 Å². The SMILES string of the molecule is CCCN.O=C(O)CC(O)C(=O)O. The predicted molar refractivity (Wildman–Crippen MR) is 45.2 cm³/mol. The number of aliphatic hydroxyl groups excluding tert-OH is 1. The summed E-state index contributed by atoms with van der Waals surface area (Å²) < 4.78 is 0. The molecule has 0 aliphatic rings. The van der Waals surface area contributed by atoms with Crippen LogP contribution in [0.15, 0.2) is 0 Å². The minimum absolute atomic E-state index is 0.755. The molecule has 0 aliphatic heterocycles. The van der Waals surface area contributed by atoms with Crippen LogP contribution in [0.4, 0.5) is 0 Å². The fourth-order valence-electron chi connectivity index (χ4n) is 0.253. The Morgan fingerprint density at radius 3 is 1.85 bits per heavy atom. The molecule has 6 heteroatoms. The standard InChI is InChI=1S/C4H6O5.C3H9N/c5-2(4(8)9)1-3(6)7;1-2-3-4/h2,5H,1H2,(H,6,7)(H,8,9);2-4H2,1H3. The molecule has 0 saturated carbocycles. The van der Waals surface area contributed by atoms with E-state index in [4.69, 9.17) is 21.1 Å². The number of rotatable bonds is 4. The van der Waals surface area contributed by atoms with Gasteiger partial charge in [0.15, 0.2) is 6.10 Å². The van der Waals surface area contributed by atoms with Gasteiger partial charge in [0.25, 0.3) is 0 Å². The normalized spacial score (nSPS) is 11.0. The molecule has 0 radical (unpaired) electrons. The Balaban J connectivity index is 0. The van der Waals surface area contributed by atoms with E-state index >= 15 is 0 Å². The molecule has 5 N–H and O–H groups in total. The minimum Gasteiger partial charge on any atom is -0.481 e. The molecule has 0 amide bonds. The van der Waals surface area contributed by atoms with Gasteiger partial charge in [-0.05, 0) is 13.0 Å². The lowest BCUT2D eigenvalue weighted by Crippen LogP contribution is -2.22. The number of aliphatic carboxylic acids is 2. The number of carboxylic acid groups (broad SMARTS) is 2. The maximum absolute atomic E-state index is 9.72. The summed E-state index contributed by atoms with van der Waals surface area (Å²) >= 11 is 0. The molecule has 1 atom stereocenters. The van der Waals surface area contributed by atoms with E-state index in [2.05, 4.69) is 6.92 Å². The summed E-state index contributed by atoms with van der Waals surface area (Å²) in [6, 6.07) is 0. The van der Waals surface area contributed by atoms with Crippen LogP contribution in [0.2, 0.25) is 0 Å². The van der Waals surface area contributed by atoms with E-state index < -0.39 is 24.5 Å². The highest BCUT2D eigenvalue weighted by molar-refractivity contribution is 5.79. The molecule has 0 fully saturated rings. The Bertz CT molecular complexity index is 157. The Hall–Kier alpha value is -1.14. The molecule has 78 valence electrons. The zero-order valence-electron chi connectivity index (χ0n) is 7.43. The third-order valence-electron chi connectivity index (χ3n) is 0.942.